The highest BCUT2D eigenvalue weighted by Crippen LogP contribution is 2.31. The number of esters is 1. The molecule has 0 N–H and O–H groups in total. The molecule has 216 valence electrons. The molecule has 1 aliphatic heterocycles. The molecule has 0 aliphatic carbocycles. The third-order valence-corrected chi connectivity index (χ3v) is 8.46. The van der Waals surface area contributed by atoms with Crippen LogP contribution < -0.4 is 29.1 Å². The lowest BCUT2D eigenvalue weighted by Crippen LogP contribution is -2.39. The number of carbonyl (C=O) groups is 1. The van der Waals surface area contributed by atoms with Crippen molar-refractivity contribution in [3.8, 4) is 17.2 Å². The van der Waals surface area contributed by atoms with Crippen molar-refractivity contribution >= 4 is 46.0 Å². The number of methoxy groups -OCH3 is 2. The van der Waals surface area contributed by atoms with E-state index in [-0.39, 0.29) is 12.2 Å². The molecule has 5 rings (SSSR count). The smallest absolute Gasteiger partial charge is 0.338 e. The van der Waals surface area contributed by atoms with Crippen molar-refractivity contribution in [2.24, 2.45) is 4.99 Å². The zero-order chi connectivity index (χ0) is 29.8. The summed E-state index contributed by atoms with van der Waals surface area (Å²) in [6.07, 6.45) is 1.83. The maximum absolute atomic E-state index is 13.9. The Labute approximate surface area is 260 Å². The second-order valence-electron chi connectivity index (χ2n) is 9.39. The maximum atomic E-state index is 13.9. The molecule has 0 saturated carbocycles. The summed E-state index contributed by atoms with van der Waals surface area (Å²) in [5, 5.41) is 0. The summed E-state index contributed by atoms with van der Waals surface area (Å²) < 4.78 is 25.4. The first-order chi connectivity index (χ1) is 20.3. The van der Waals surface area contributed by atoms with Crippen LogP contribution >= 0.6 is 33.9 Å². The van der Waals surface area contributed by atoms with Crippen LogP contribution in [0.3, 0.4) is 0 Å². The lowest BCUT2D eigenvalue weighted by Gasteiger charge is -2.24. The van der Waals surface area contributed by atoms with Crippen LogP contribution in [0, 0.1) is 3.57 Å². The number of fused-ring (bicyclic) bond motifs is 1. The van der Waals surface area contributed by atoms with E-state index in [9.17, 15) is 9.59 Å². The van der Waals surface area contributed by atoms with Gasteiger partial charge < -0.3 is 18.9 Å². The average Bonchev–Trinajstić information content (AvgIpc) is 3.30. The third-order valence-electron chi connectivity index (χ3n) is 6.76. The van der Waals surface area contributed by atoms with Crippen molar-refractivity contribution in [3.05, 3.63) is 118 Å². The monoisotopic (exact) mass is 696 g/mol. The highest BCUT2D eigenvalue weighted by atomic mass is 127. The molecule has 0 fully saturated rings. The van der Waals surface area contributed by atoms with E-state index in [2.05, 4.69) is 27.6 Å². The Bertz CT molecular complexity index is 1820. The van der Waals surface area contributed by atoms with Crippen molar-refractivity contribution in [1.29, 1.82) is 0 Å². The molecule has 1 atom stereocenters. The largest absolute Gasteiger partial charge is 0.497 e. The topological polar surface area (TPSA) is 88.4 Å². The fourth-order valence-electron chi connectivity index (χ4n) is 4.74. The third kappa shape index (κ3) is 6.14. The normalized spacial score (nSPS) is 14.7. The molecule has 0 amide bonds. The van der Waals surface area contributed by atoms with Crippen molar-refractivity contribution in [1.82, 2.24) is 4.57 Å². The van der Waals surface area contributed by atoms with Crippen LogP contribution in [0.2, 0.25) is 0 Å². The number of hydrogen-bond donors (Lipinski definition) is 0. The first kappa shape index (κ1) is 29.6. The summed E-state index contributed by atoms with van der Waals surface area (Å²) in [5.74, 6) is 1.61. The van der Waals surface area contributed by atoms with Crippen LogP contribution in [0.1, 0.15) is 36.6 Å². The molecule has 1 aliphatic rings. The molecule has 8 nitrogen and oxygen atoms in total. The summed E-state index contributed by atoms with van der Waals surface area (Å²) >= 11 is 3.53. The Kier molecular flexibility index (Phi) is 9.12. The van der Waals surface area contributed by atoms with Gasteiger partial charge in [-0.25, -0.2) is 9.79 Å². The Morgan fingerprint density at radius 3 is 2.40 bits per heavy atom. The van der Waals surface area contributed by atoms with E-state index in [4.69, 9.17) is 18.9 Å². The second-order valence-corrected chi connectivity index (χ2v) is 11.6. The maximum Gasteiger partial charge on any atom is 0.338 e. The minimum Gasteiger partial charge on any atom is -0.497 e. The molecular formula is C32H29IN2O6S. The van der Waals surface area contributed by atoms with E-state index >= 15 is 0 Å². The second kappa shape index (κ2) is 13.0. The first-order valence-corrected chi connectivity index (χ1v) is 15.1. The molecule has 0 spiro atoms. The lowest BCUT2D eigenvalue weighted by atomic mass is 9.96. The number of rotatable bonds is 9. The Balaban J connectivity index is 1.57. The fourth-order valence-corrected chi connectivity index (χ4v) is 6.14. The predicted molar refractivity (Wildman–Crippen MR) is 170 cm³/mol. The molecular weight excluding hydrogens is 667 g/mol. The molecule has 1 aromatic heterocycles. The number of allylic oxidation sites excluding steroid dienone is 1. The number of halogens is 1. The summed E-state index contributed by atoms with van der Waals surface area (Å²) in [7, 11) is 3.20. The van der Waals surface area contributed by atoms with Gasteiger partial charge in [0.1, 0.15) is 23.9 Å². The van der Waals surface area contributed by atoms with Gasteiger partial charge in [0, 0.05) is 9.13 Å². The van der Waals surface area contributed by atoms with Gasteiger partial charge in [-0.1, -0.05) is 29.5 Å². The van der Waals surface area contributed by atoms with Gasteiger partial charge >= 0.3 is 5.97 Å². The minimum absolute atomic E-state index is 0.211. The number of aromatic nitrogens is 1. The molecule has 0 radical (unpaired) electrons. The zero-order valence-corrected chi connectivity index (χ0v) is 26.5. The quantitative estimate of drug-likeness (QED) is 0.181. The van der Waals surface area contributed by atoms with Crippen LogP contribution in [0.15, 0.2) is 87.8 Å². The lowest BCUT2D eigenvalue weighted by molar-refractivity contribution is -0.139. The Morgan fingerprint density at radius 2 is 1.74 bits per heavy atom. The number of benzene rings is 3. The van der Waals surface area contributed by atoms with Crippen LogP contribution in [-0.4, -0.2) is 31.4 Å². The van der Waals surface area contributed by atoms with Crippen molar-refractivity contribution in [2.75, 3.05) is 20.8 Å². The van der Waals surface area contributed by atoms with Gasteiger partial charge in [-0.15, -0.1) is 0 Å². The van der Waals surface area contributed by atoms with Gasteiger partial charge in [0.25, 0.3) is 5.56 Å². The fraction of sp³-hybridized carbons (Fsp3) is 0.219. The van der Waals surface area contributed by atoms with Crippen LogP contribution in [0.4, 0.5) is 0 Å². The van der Waals surface area contributed by atoms with Gasteiger partial charge in [0.15, 0.2) is 4.80 Å². The molecule has 0 unspecified atom stereocenters. The molecule has 4 aromatic rings. The Hall–Kier alpha value is -3.90. The van der Waals surface area contributed by atoms with Gasteiger partial charge in [-0.2, -0.15) is 0 Å². The zero-order valence-electron chi connectivity index (χ0n) is 23.5. The molecule has 0 bridgehead atoms. The van der Waals surface area contributed by atoms with E-state index in [1.54, 1.807) is 44.8 Å². The van der Waals surface area contributed by atoms with Crippen LogP contribution in [-0.2, 0) is 16.1 Å². The SMILES string of the molecule is CCOC(=O)C1=C(C)N=c2s/c(=C\c3ccc(OC)c(COc4ccc(I)cc4)c3)c(=O)n2[C@@H]1c1ccc(OC)cc1. The molecule has 2 heterocycles. The summed E-state index contributed by atoms with van der Waals surface area (Å²) in [6.45, 7) is 4.03. The first-order valence-electron chi connectivity index (χ1n) is 13.2. The summed E-state index contributed by atoms with van der Waals surface area (Å²) in [5.41, 5.74) is 3.00. The van der Waals surface area contributed by atoms with Gasteiger partial charge in [-0.3, -0.25) is 9.36 Å². The van der Waals surface area contributed by atoms with Crippen molar-refractivity contribution < 1.29 is 23.7 Å². The number of nitrogens with zero attached hydrogens (tertiary/aromatic N) is 2. The molecule has 3 aromatic carbocycles. The number of carbonyl (C=O) groups excluding carboxylic acids is 1. The molecule has 0 saturated heterocycles. The van der Waals surface area contributed by atoms with Crippen LogP contribution in [0.5, 0.6) is 17.2 Å². The number of ether oxygens (including phenoxy) is 4. The van der Waals surface area contributed by atoms with E-state index in [0.29, 0.717) is 38.7 Å². The minimum atomic E-state index is -0.692. The van der Waals surface area contributed by atoms with Crippen LogP contribution in [0.25, 0.3) is 6.08 Å². The highest BCUT2D eigenvalue weighted by molar-refractivity contribution is 14.1. The van der Waals surface area contributed by atoms with E-state index in [1.165, 1.54) is 11.3 Å². The summed E-state index contributed by atoms with van der Waals surface area (Å²) in [4.78, 5) is 32.2. The van der Waals surface area contributed by atoms with Gasteiger partial charge in [-0.05, 0) is 102 Å². The van der Waals surface area contributed by atoms with E-state index < -0.39 is 12.0 Å². The average molecular weight is 697 g/mol. The van der Waals surface area contributed by atoms with E-state index in [1.807, 2.05) is 60.7 Å². The van der Waals surface area contributed by atoms with Crippen molar-refractivity contribution in [3.63, 3.8) is 0 Å². The Morgan fingerprint density at radius 1 is 1.02 bits per heavy atom. The standard InChI is InChI=1S/C32H29IN2O6S/c1-5-40-31(37)28-19(2)34-32-35(29(28)21-7-11-24(38-3)12-8-21)30(36)27(42-32)17-20-6-15-26(39-4)22(16-20)18-41-25-13-9-23(33)10-14-25/h6-17,29H,5,18H2,1-4H3/b27-17-/t29-/m1/s1. The van der Waals surface area contributed by atoms with Gasteiger partial charge in [0.2, 0.25) is 0 Å². The van der Waals surface area contributed by atoms with Crippen molar-refractivity contribution in [2.45, 2.75) is 26.5 Å². The van der Waals surface area contributed by atoms with E-state index in [0.717, 1.165) is 26.0 Å². The predicted octanol–water partition coefficient (Wildman–Crippen LogP) is 5.00. The molecule has 10 heteroatoms. The number of hydrogen-bond acceptors (Lipinski definition) is 8. The number of thiazole rings is 1. The molecule has 42 heavy (non-hydrogen) atoms. The van der Waals surface area contributed by atoms with Gasteiger partial charge in [0.05, 0.1) is 42.7 Å². The highest BCUT2D eigenvalue weighted by Gasteiger charge is 2.33. The summed E-state index contributed by atoms with van der Waals surface area (Å²) in [6, 6.07) is 20.1.